The summed E-state index contributed by atoms with van der Waals surface area (Å²) in [7, 11) is 2.01. The molecule has 1 aliphatic rings. The third-order valence-corrected chi connectivity index (χ3v) is 3.20. The van der Waals surface area contributed by atoms with Crippen LogP contribution in [0.5, 0.6) is 5.75 Å². The highest BCUT2D eigenvalue weighted by Crippen LogP contribution is 2.26. The fourth-order valence-electron chi connectivity index (χ4n) is 1.95. The van der Waals surface area contributed by atoms with Gasteiger partial charge in [-0.2, -0.15) is 0 Å². The second-order valence-corrected chi connectivity index (χ2v) is 4.69. The Morgan fingerprint density at radius 2 is 2.00 bits per heavy atom. The van der Waals surface area contributed by atoms with Gasteiger partial charge in [0.05, 0.1) is 4.92 Å². The van der Waals surface area contributed by atoms with Gasteiger partial charge in [-0.05, 0) is 19.2 Å². The van der Waals surface area contributed by atoms with Crippen LogP contribution in [0.3, 0.4) is 0 Å². The van der Waals surface area contributed by atoms with E-state index in [1.165, 1.54) is 6.07 Å². The van der Waals surface area contributed by atoms with Crippen LogP contribution in [0.1, 0.15) is 10.4 Å². The molecule has 1 aromatic rings. The predicted octanol–water partition coefficient (Wildman–Crippen LogP) is 0.193. The molecule has 1 amide bonds. The van der Waals surface area contributed by atoms with Crippen molar-refractivity contribution in [2.45, 2.75) is 0 Å². The monoisotopic (exact) mass is 280 g/mol. The average Bonchev–Trinajstić information content (AvgIpc) is 2.40. The van der Waals surface area contributed by atoms with E-state index in [0.717, 1.165) is 25.2 Å². The van der Waals surface area contributed by atoms with Crippen LogP contribution in [0.4, 0.5) is 5.69 Å². The molecule has 1 aromatic carbocycles. The van der Waals surface area contributed by atoms with Gasteiger partial charge in [-0.15, -0.1) is 0 Å². The molecule has 0 saturated carbocycles. The van der Waals surface area contributed by atoms with Crippen LogP contribution in [0, 0.1) is 10.1 Å². The summed E-state index contributed by atoms with van der Waals surface area (Å²) < 4.78 is 0. The average molecular weight is 280 g/mol. The lowest BCUT2D eigenvalue weighted by molar-refractivity contribution is -0.385. The van der Waals surface area contributed by atoms with E-state index >= 15 is 0 Å². The van der Waals surface area contributed by atoms with Gasteiger partial charge in [0.2, 0.25) is 0 Å². The van der Waals surface area contributed by atoms with E-state index in [1.807, 2.05) is 7.05 Å². The highest BCUT2D eigenvalue weighted by atomic mass is 16.6. The molecule has 20 heavy (non-hydrogen) atoms. The zero-order chi connectivity index (χ0) is 14.7. The van der Waals surface area contributed by atoms with Crippen molar-refractivity contribution in [3.8, 4) is 5.75 Å². The molecule has 0 unspecified atom stereocenters. The molecule has 0 spiro atoms. The van der Waals surface area contributed by atoms with Gasteiger partial charge in [0.15, 0.2) is 5.75 Å². The number of rotatable bonds is 3. The number of likely N-dealkylation sites (N-methyl/N-ethyl adjacent to an activating group) is 1. The minimum atomic E-state index is -0.697. The largest absolute Gasteiger partial charge is 0.502 e. The number of hydrogen-bond donors (Lipinski definition) is 2. The number of amides is 1. The highest BCUT2D eigenvalue weighted by molar-refractivity contribution is 5.94. The molecular formula is C12H16N4O4. The smallest absolute Gasteiger partial charge is 0.310 e. The van der Waals surface area contributed by atoms with Gasteiger partial charge in [-0.25, -0.2) is 5.01 Å². The van der Waals surface area contributed by atoms with Crippen LogP contribution in [-0.4, -0.2) is 59.1 Å². The number of phenolic OH excluding ortho intramolecular Hbond substituents is 1. The van der Waals surface area contributed by atoms with Crippen LogP contribution in [0.15, 0.2) is 18.2 Å². The lowest BCUT2D eigenvalue weighted by Crippen LogP contribution is -2.52. The summed E-state index contributed by atoms with van der Waals surface area (Å²) in [5.74, 6) is -0.902. The second kappa shape index (κ2) is 5.85. The topological polar surface area (TPSA) is 99.0 Å². The number of phenols is 1. The van der Waals surface area contributed by atoms with Gasteiger partial charge < -0.3 is 10.0 Å². The van der Waals surface area contributed by atoms with E-state index in [1.54, 1.807) is 5.01 Å². The standard InChI is InChI=1S/C12H16N4O4/c1-14-4-6-15(7-5-14)13-12(18)9-2-3-10(16(19)20)11(17)8-9/h2-3,8,17H,4-7H2,1H3,(H,13,18). The first kappa shape index (κ1) is 14.2. The Labute approximate surface area is 115 Å². The van der Waals surface area contributed by atoms with E-state index in [4.69, 9.17) is 0 Å². The first-order chi connectivity index (χ1) is 9.47. The van der Waals surface area contributed by atoms with Gasteiger partial charge in [-0.3, -0.25) is 20.3 Å². The van der Waals surface area contributed by atoms with E-state index < -0.39 is 16.4 Å². The molecular weight excluding hydrogens is 264 g/mol. The molecule has 108 valence electrons. The third-order valence-electron chi connectivity index (χ3n) is 3.20. The fourth-order valence-corrected chi connectivity index (χ4v) is 1.95. The van der Waals surface area contributed by atoms with Crippen LogP contribution in [-0.2, 0) is 0 Å². The van der Waals surface area contributed by atoms with Crippen molar-refractivity contribution in [2.24, 2.45) is 0 Å². The SMILES string of the molecule is CN1CCN(NC(=O)c2ccc([N+](=O)[O-])c(O)c2)CC1. The normalized spacial score (nSPS) is 16.9. The first-order valence-electron chi connectivity index (χ1n) is 6.19. The summed E-state index contributed by atoms with van der Waals surface area (Å²) in [6, 6.07) is 3.54. The molecule has 8 heteroatoms. The number of piperazine rings is 1. The molecule has 0 atom stereocenters. The van der Waals surface area contributed by atoms with Crippen LogP contribution < -0.4 is 5.43 Å². The lowest BCUT2D eigenvalue weighted by atomic mass is 10.2. The van der Waals surface area contributed by atoms with Crippen molar-refractivity contribution >= 4 is 11.6 Å². The Hall–Kier alpha value is -2.19. The number of nitrogens with one attached hydrogen (secondary N) is 1. The van der Waals surface area contributed by atoms with Gasteiger partial charge in [0, 0.05) is 37.8 Å². The first-order valence-corrected chi connectivity index (χ1v) is 6.19. The highest BCUT2D eigenvalue weighted by Gasteiger charge is 2.19. The Morgan fingerprint density at radius 1 is 1.35 bits per heavy atom. The van der Waals surface area contributed by atoms with Crippen molar-refractivity contribution < 1.29 is 14.8 Å². The van der Waals surface area contributed by atoms with Gasteiger partial charge in [0.25, 0.3) is 5.91 Å². The molecule has 1 fully saturated rings. The van der Waals surface area contributed by atoms with E-state index in [-0.39, 0.29) is 11.5 Å². The Morgan fingerprint density at radius 3 is 2.55 bits per heavy atom. The Balaban J connectivity index is 2.02. The second-order valence-electron chi connectivity index (χ2n) is 4.69. The summed E-state index contributed by atoms with van der Waals surface area (Å²) in [4.78, 5) is 24.0. The number of aromatic hydroxyl groups is 1. The summed E-state index contributed by atoms with van der Waals surface area (Å²) in [5, 5.41) is 21.9. The number of nitro benzene ring substituents is 1. The molecule has 0 aliphatic carbocycles. The number of benzene rings is 1. The summed E-state index contributed by atoms with van der Waals surface area (Å²) in [6.45, 7) is 3.12. The minimum absolute atomic E-state index is 0.187. The number of carbonyl (C=O) groups is 1. The zero-order valence-corrected chi connectivity index (χ0v) is 11.1. The maximum Gasteiger partial charge on any atom is 0.310 e. The van der Waals surface area contributed by atoms with E-state index in [9.17, 15) is 20.0 Å². The predicted molar refractivity (Wildman–Crippen MR) is 71.3 cm³/mol. The van der Waals surface area contributed by atoms with E-state index in [0.29, 0.717) is 13.1 Å². The fraction of sp³-hybridized carbons (Fsp3) is 0.417. The lowest BCUT2D eigenvalue weighted by Gasteiger charge is -2.32. The zero-order valence-electron chi connectivity index (χ0n) is 11.1. The molecule has 0 aromatic heterocycles. The van der Waals surface area contributed by atoms with Gasteiger partial charge in [-0.1, -0.05) is 0 Å². The summed E-state index contributed by atoms with van der Waals surface area (Å²) in [6.07, 6.45) is 0. The number of nitro groups is 1. The van der Waals surface area contributed by atoms with Gasteiger partial charge in [0.1, 0.15) is 0 Å². The number of hydrogen-bond acceptors (Lipinski definition) is 6. The molecule has 1 heterocycles. The van der Waals surface area contributed by atoms with Crippen LogP contribution in [0.25, 0.3) is 0 Å². The maximum absolute atomic E-state index is 12.0. The molecule has 2 rings (SSSR count). The van der Waals surface area contributed by atoms with Crippen LogP contribution >= 0.6 is 0 Å². The number of nitrogens with zero attached hydrogens (tertiary/aromatic N) is 3. The molecule has 1 aliphatic heterocycles. The molecule has 0 radical (unpaired) electrons. The van der Waals surface area contributed by atoms with Crippen LogP contribution in [0.2, 0.25) is 0 Å². The Kier molecular flexibility index (Phi) is 4.16. The molecule has 0 bridgehead atoms. The Bertz CT molecular complexity index is 526. The van der Waals surface area contributed by atoms with Crippen molar-refractivity contribution in [1.29, 1.82) is 0 Å². The molecule has 1 saturated heterocycles. The quantitative estimate of drug-likeness (QED) is 0.606. The number of carbonyl (C=O) groups excluding carboxylic acids is 1. The summed E-state index contributed by atoms with van der Waals surface area (Å²) >= 11 is 0. The van der Waals surface area contributed by atoms with E-state index in [2.05, 4.69) is 10.3 Å². The molecule has 8 nitrogen and oxygen atoms in total. The van der Waals surface area contributed by atoms with Crippen molar-refractivity contribution in [3.63, 3.8) is 0 Å². The van der Waals surface area contributed by atoms with Crippen molar-refractivity contribution in [3.05, 3.63) is 33.9 Å². The third kappa shape index (κ3) is 3.22. The van der Waals surface area contributed by atoms with Crippen molar-refractivity contribution in [1.82, 2.24) is 15.3 Å². The molecule has 2 N–H and O–H groups in total. The van der Waals surface area contributed by atoms with Crippen molar-refractivity contribution in [2.75, 3.05) is 33.2 Å². The minimum Gasteiger partial charge on any atom is -0.502 e. The summed E-state index contributed by atoms with van der Waals surface area (Å²) in [5.41, 5.74) is 2.49. The maximum atomic E-state index is 12.0. The number of hydrazine groups is 1. The van der Waals surface area contributed by atoms with Gasteiger partial charge >= 0.3 is 5.69 Å².